The molecule has 1 aromatic carbocycles. The van der Waals surface area contributed by atoms with Gasteiger partial charge in [-0.2, -0.15) is 0 Å². The van der Waals surface area contributed by atoms with Crippen LogP contribution in [0.5, 0.6) is 0 Å². The molecule has 1 saturated carbocycles. The Kier molecular flexibility index (Phi) is 8.58. The molecule has 0 radical (unpaired) electrons. The summed E-state index contributed by atoms with van der Waals surface area (Å²) in [7, 11) is 0. The third-order valence-corrected chi connectivity index (χ3v) is 6.52. The molecule has 0 atom stereocenters. The topological polar surface area (TPSA) is 37.3 Å². The predicted octanol–water partition coefficient (Wildman–Crippen LogP) is 7.50. The number of hydrogen-bond acceptors (Lipinski definition) is 1. The standard InChI is InChI=1S/C26H42O2/c1-21-13-12-15-22(14-8-7-11-18-26(19-20-26)24(27)28)23(21)16-9-5-6-10-17-25(2,3)4/h12-13,15H,5-11,14,16-20H2,1-4H3,(H,27,28). The quantitative estimate of drug-likeness (QED) is 0.356. The molecule has 2 nitrogen and oxygen atoms in total. The molecule has 0 amide bonds. The summed E-state index contributed by atoms with van der Waals surface area (Å²) in [6.07, 6.45) is 15.0. The van der Waals surface area contributed by atoms with Crippen molar-refractivity contribution in [1.29, 1.82) is 0 Å². The second kappa shape index (κ2) is 10.5. The van der Waals surface area contributed by atoms with Crippen LogP contribution in [0.4, 0.5) is 0 Å². The number of carboxylic acids is 1. The van der Waals surface area contributed by atoms with Gasteiger partial charge in [-0.1, -0.05) is 71.1 Å². The van der Waals surface area contributed by atoms with Crippen molar-refractivity contribution < 1.29 is 9.90 Å². The van der Waals surface area contributed by atoms with Gasteiger partial charge < -0.3 is 5.11 Å². The minimum Gasteiger partial charge on any atom is -0.481 e. The van der Waals surface area contributed by atoms with Crippen LogP contribution >= 0.6 is 0 Å². The van der Waals surface area contributed by atoms with Crippen molar-refractivity contribution in [2.75, 3.05) is 0 Å². The number of aliphatic carboxylic acids is 1. The molecule has 1 fully saturated rings. The number of unbranched alkanes of at least 4 members (excludes halogenated alkanes) is 5. The van der Waals surface area contributed by atoms with Crippen LogP contribution in [0.15, 0.2) is 18.2 Å². The summed E-state index contributed by atoms with van der Waals surface area (Å²) in [5.41, 5.74) is 4.65. The molecule has 2 heteroatoms. The largest absolute Gasteiger partial charge is 0.481 e. The maximum atomic E-state index is 11.3. The molecule has 0 spiro atoms. The molecule has 0 saturated heterocycles. The van der Waals surface area contributed by atoms with E-state index in [0.717, 1.165) is 38.5 Å². The van der Waals surface area contributed by atoms with Gasteiger partial charge in [0.2, 0.25) is 0 Å². The first-order valence-corrected chi connectivity index (χ1v) is 11.5. The Hall–Kier alpha value is -1.31. The van der Waals surface area contributed by atoms with Gasteiger partial charge in [-0.25, -0.2) is 0 Å². The minimum atomic E-state index is -0.573. The van der Waals surface area contributed by atoms with E-state index >= 15 is 0 Å². The molecule has 2 rings (SSSR count). The second-order valence-corrected chi connectivity index (χ2v) is 10.3. The zero-order valence-corrected chi connectivity index (χ0v) is 18.8. The lowest BCUT2D eigenvalue weighted by Crippen LogP contribution is -2.14. The fourth-order valence-electron chi connectivity index (χ4n) is 4.34. The van der Waals surface area contributed by atoms with Crippen LogP contribution in [0.2, 0.25) is 0 Å². The molecule has 0 unspecified atom stereocenters. The molecular formula is C26H42O2. The van der Waals surface area contributed by atoms with Gasteiger partial charge in [0.1, 0.15) is 0 Å². The Balaban J connectivity index is 1.69. The van der Waals surface area contributed by atoms with Crippen molar-refractivity contribution in [3.63, 3.8) is 0 Å². The van der Waals surface area contributed by atoms with E-state index in [9.17, 15) is 9.90 Å². The Labute approximate surface area is 173 Å². The highest BCUT2D eigenvalue weighted by Gasteiger charge is 2.49. The number of rotatable bonds is 13. The van der Waals surface area contributed by atoms with E-state index in [4.69, 9.17) is 0 Å². The third-order valence-electron chi connectivity index (χ3n) is 6.52. The fraction of sp³-hybridized carbons (Fsp3) is 0.731. The van der Waals surface area contributed by atoms with E-state index in [-0.39, 0.29) is 5.41 Å². The number of carbonyl (C=O) groups is 1. The zero-order valence-electron chi connectivity index (χ0n) is 18.8. The molecule has 158 valence electrons. The summed E-state index contributed by atoms with van der Waals surface area (Å²) in [6, 6.07) is 6.75. The minimum absolute atomic E-state index is 0.346. The molecule has 0 bridgehead atoms. The molecule has 1 aliphatic carbocycles. The maximum Gasteiger partial charge on any atom is 0.309 e. The summed E-state index contributed by atoms with van der Waals surface area (Å²) in [5.74, 6) is -0.573. The van der Waals surface area contributed by atoms with E-state index in [0.29, 0.717) is 5.41 Å². The molecule has 1 aromatic rings. The van der Waals surface area contributed by atoms with Crippen LogP contribution in [0.25, 0.3) is 0 Å². The number of aryl methyl sites for hydroxylation is 2. The van der Waals surface area contributed by atoms with Crippen LogP contribution < -0.4 is 0 Å². The first-order chi connectivity index (χ1) is 13.2. The van der Waals surface area contributed by atoms with Crippen molar-refractivity contribution in [3.8, 4) is 0 Å². The van der Waals surface area contributed by atoms with Crippen molar-refractivity contribution in [3.05, 3.63) is 34.9 Å². The summed E-state index contributed by atoms with van der Waals surface area (Å²) < 4.78 is 0. The molecule has 0 aromatic heterocycles. The molecule has 1 N–H and O–H groups in total. The smallest absolute Gasteiger partial charge is 0.309 e. The summed E-state index contributed by atoms with van der Waals surface area (Å²) in [4.78, 5) is 11.3. The van der Waals surface area contributed by atoms with Crippen molar-refractivity contribution in [2.24, 2.45) is 10.8 Å². The van der Waals surface area contributed by atoms with Crippen LogP contribution in [-0.4, -0.2) is 11.1 Å². The zero-order chi connectivity index (χ0) is 20.6. The van der Waals surface area contributed by atoms with Crippen LogP contribution in [0, 0.1) is 17.8 Å². The molecule has 1 aliphatic rings. The summed E-state index contributed by atoms with van der Waals surface area (Å²) in [6.45, 7) is 9.25. The van der Waals surface area contributed by atoms with Gasteiger partial charge in [0.25, 0.3) is 0 Å². The van der Waals surface area contributed by atoms with Gasteiger partial charge in [-0.3, -0.25) is 4.79 Å². The van der Waals surface area contributed by atoms with Gasteiger partial charge in [0.15, 0.2) is 0 Å². The highest BCUT2D eigenvalue weighted by atomic mass is 16.4. The van der Waals surface area contributed by atoms with E-state index in [1.54, 1.807) is 5.56 Å². The number of hydrogen-bond donors (Lipinski definition) is 1. The highest BCUT2D eigenvalue weighted by Crippen LogP contribution is 2.50. The average Bonchev–Trinajstić information content (AvgIpc) is 3.39. The Bertz CT molecular complexity index is 620. The lowest BCUT2D eigenvalue weighted by atomic mass is 9.89. The van der Waals surface area contributed by atoms with Gasteiger partial charge in [0.05, 0.1) is 5.41 Å². The van der Waals surface area contributed by atoms with Crippen LogP contribution in [-0.2, 0) is 17.6 Å². The van der Waals surface area contributed by atoms with Gasteiger partial charge in [-0.15, -0.1) is 0 Å². The summed E-state index contributed by atoms with van der Waals surface area (Å²) >= 11 is 0. The first-order valence-electron chi connectivity index (χ1n) is 11.5. The van der Waals surface area contributed by atoms with Gasteiger partial charge >= 0.3 is 5.97 Å². The predicted molar refractivity (Wildman–Crippen MR) is 119 cm³/mol. The number of benzene rings is 1. The van der Waals surface area contributed by atoms with E-state index in [2.05, 4.69) is 45.9 Å². The SMILES string of the molecule is Cc1cccc(CCCCCC2(C(=O)O)CC2)c1CCCCCCC(C)(C)C. The van der Waals surface area contributed by atoms with Crippen LogP contribution in [0.3, 0.4) is 0 Å². The van der Waals surface area contributed by atoms with E-state index < -0.39 is 5.97 Å². The molecule has 0 aliphatic heterocycles. The second-order valence-electron chi connectivity index (χ2n) is 10.3. The van der Waals surface area contributed by atoms with Crippen molar-refractivity contribution >= 4 is 5.97 Å². The van der Waals surface area contributed by atoms with Crippen LogP contribution in [0.1, 0.15) is 108 Å². The molecule has 28 heavy (non-hydrogen) atoms. The van der Waals surface area contributed by atoms with E-state index in [1.807, 2.05) is 0 Å². The Morgan fingerprint density at radius 3 is 2.25 bits per heavy atom. The van der Waals surface area contributed by atoms with Crippen molar-refractivity contribution in [2.45, 2.75) is 111 Å². The summed E-state index contributed by atoms with van der Waals surface area (Å²) in [5, 5.41) is 9.28. The molecule has 0 heterocycles. The highest BCUT2D eigenvalue weighted by molar-refractivity contribution is 5.77. The number of carboxylic acid groups (broad SMARTS) is 1. The van der Waals surface area contributed by atoms with Crippen molar-refractivity contribution in [1.82, 2.24) is 0 Å². The maximum absolute atomic E-state index is 11.3. The normalized spacial score (nSPS) is 15.6. The lowest BCUT2D eigenvalue weighted by Gasteiger charge is -2.17. The fourth-order valence-corrected chi connectivity index (χ4v) is 4.34. The average molecular weight is 387 g/mol. The first kappa shape index (κ1) is 23.0. The van der Waals surface area contributed by atoms with Gasteiger partial charge in [-0.05, 0) is 80.4 Å². The molecular weight excluding hydrogens is 344 g/mol. The van der Waals surface area contributed by atoms with E-state index in [1.165, 1.54) is 56.1 Å². The lowest BCUT2D eigenvalue weighted by molar-refractivity contribution is -0.143. The van der Waals surface area contributed by atoms with Gasteiger partial charge in [0, 0.05) is 0 Å². The Morgan fingerprint density at radius 1 is 0.964 bits per heavy atom. The third kappa shape index (κ3) is 7.60. The monoisotopic (exact) mass is 386 g/mol. The Morgan fingerprint density at radius 2 is 1.61 bits per heavy atom.